The van der Waals surface area contributed by atoms with Crippen molar-refractivity contribution in [2.24, 2.45) is 0 Å². The van der Waals surface area contributed by atoms with E-state index in [4.69, 9.17) is 28.5 Å². The minimum atomic E-state index is -0.409. The van der Waals surface area contributed by atoms with E-state index in [0.717, 1.165) is 0 Å². The third-order valence-corrected chi connectivity index (χ3v) is 3.70. The van der Waals surface area contributed by atoms with Crippen LogP contribution in [0.4, 0.5) is 4.39 Å². The molecule has 1 aromatic heterocycles. The normalized spacial score (nSPS) is 10.8. The molecule has 2 aromatic carbocycles. The fraction of sp³-hybridized carbons (Fsp3) is 0.0667. The van der Waals surface area contributed by atoms with Gasteiger partial charge in [0.2, 0.25) is 0 Å². The zero-order valence-corrected chi connectivity index (χ0v) is 12.2. The van der Waals surface area contributed by atoms with Crippen molar-refractivity contribution in [2.45, 2.75) is 5.88 Å². The van der Waals surface area contributed by atoms with E-state index in [9.17, 15) is 4.39 Å². The molecule has 0 aliphatic heterocycles. The number of rotatable bonds is 2. The molecule has 0 saturated carbocycles. The Kier molecular flexibility index (Phi) is 3.54. The van der Waals surface area contributed by atoms with Crippen LogP contribution in [0.3, 0.4) is 0 Å². The largest absolute Gasteiger partial charge is 0.294 e. The summed E-state index contributed by atoms with van der Waals surface area (Å²) in [6.45, 7) is 0. The van der Waals surface area contributed by atoms with E-state index in [1.165, 1.54) is 18.2 Å². The molecule has 0 atom stereocenters. The highest BCUT2D eigenvalue weighted by molar-refractivity contribution is 6.32. The molecule has 104 valence electrons. The summed E-state index contributed by atoms with van der Waals surface area (Å²) in [4.78, 5) is 4.38. The van der Waals surface area contributed by atoms with Crippen LogP contribution in [0.25, 0.3) is 16.7 Å². The van der Waals surface area contributed by atoms with Crippen LogP contribution >= 0.6 is 23.2 Å². The zero-order valence-electron chi connectivity index (χ0n) is 10.6. The lowest BCUT2D eigenvalue weighted by Gasteiger charge is -2.10. The number of benzene rings is 2. The minimum Gasteiger partial charge on any atom is -0.294 e. The third kappa shape index (κ3) is 2.25. The molecule has 0 unspecified atom stereocenters. The number of hydrogen-bond donors (Lipinski definition) is 0. The van der Waals surface area contributed by atoms with Crippen molar-refractivity contribution >= 4 is 34.2 Å². The second-order valence-electron chi connectivity index (χ2n) is 4.38. The lowest BCUT2D eigenvalue weighted by Crippen LogP contribution is -2.00. The molecular formula is C15H8Cl2FN3. The van der Waals surface area contributed by atoms with Crippen LogP contribution < -0.4 is 0 Å². The van der Waals surface area contributed by atoms with E-state index < -0.39 is 5.82 Å². The first-order valence-electron chi connectivity index (χ1n) is 6.07. The maximum Gasteiger partial charge on any atom is 0.129 e. The molecule has 21 heavy (non-hydrogen) atoms. The van der Waals surface area contributed by atoms with E-state index in [2.05, 4.69) is 11.1 Å². The molecule has 3 nitrogen and oxygen atoms in total. The topological polar surface area (TPSA) is 41.6 Å². The van der Waals surface area contributed by atoms with Crippen molar-refractivity contribution in [3.8, 4) is 11.8 Å². The summed E-state index contributed by atoms with van der Waals surface area (Å²) in [7, 11) is 0. The SMILES string of the molecule is N#Cc1cccc2c1nc(CCl)n2-c1cc(F)ccc1Cl. The number of alkyl halides is 1. The number of para-hydroxylation sites is 1. The van der Waals surface area contributed by atoms with E-state index >= 15 is 0 Å². The molecule has 0 amide bonds. The lowest BCUT2D eigenvalue weighted by molar-refractivity contribution is 0.626. The molecule has 0 aliphatic carbocycles. The second kappa shape index (κ2) is 5.36. The van der Waals surface area contributed by atoms with Crippen LogP contribution in [0.15, 0.2) is 36.4 Å². The summed E-state index contributed by atoms with van der Waals surface area (Å²) >= 11 is 12.1. The van der Waals surface area contributed by atoms with Gasteiger partial charge in [0.25, 0.3) is 0 Å². The molecule has 0 fully saturated rings. The highest BCUT2D eigenvalue weighted by Gasteiger charge is 2.16. The van der Waals surface area contributed by atoms with Gasteiger partial charge in [0.05, 0.1) is 27.7 Å². The number of hydrogen-bond acceptors (Lipinski definition) is 2. The van der Waals surface area contributed by atoms with Gasteiger partial charge >= 0.3 is 0 Å². The summed E-state index contributed by atoms with van der Waals surface area (Å²) in [5.41, 5.74) is 2.07. The van der Waals surface area contributed by atoms with Crippen molar-refractivity contribution in [2.75, 3.05) is 0 Å². The van der Waals surface area contributed by atoms with Crippen LogP contribution in [-0.2, 0) is 5.88 Å². The second-order valence-corrected chi connectivity index (χ2v) is 5.05. The zero-order chi connectivity index (χ0) is 15.0. The van der Waals surface area contributed by atoms with Gasteiger partial charge in [-0.05, 0) is 30.3 Å². The maximum atomic E-state index is 13.5. The first-order valence-corrected chi connectivity index (χ1v) is 6.98. The first-order chi connectivity index (χ1) is 10.2. The van der Waals surface area contributed by atoms with E-state index in [1.54, 1.807) is 22.8 Å². The number of nitrogens with zero attached hydrogens (tertiary/aromatic N) is 3. The maximum absolute atomic E-state index is 13.5. The monoisotopic (exact) mass is 319 g/mol. The standard InChI is InChI=1S/C15H8Cl2FN3/c16-7-14-20-15-9(8-19)2-1-3-12(15)21(14)13-6-10(18)4-5-11(13)17/h1-6H,7H2. The van der Waals surface area contributed by atoms with E-state index in [1.807, 2.05) is 0 Å². The molecule has 3 rings (SSSR count). The molecule has 6 heteroatoms. The quantitative estimate of drug-likeness (QED) is 0.656. The summed E-state index contributed by atoms with van der Waals surface area (Å²) in [5.74, 6) is 0.210. The van der Waals surface area contributed by atoms with Crippen molar-refractivity contribution in [1.82, 2.24) is 9.55 Å². The smallest absolute Gasteiger partial charge is 0.129 e. The fourth-order valence-corrected chi connectivity index (χ4v) is 2.63. The Balaban J connectivity index is 2.42. The van der Waals surface area contributed by atoms with Crippen LogP contribution in [0.2, 0.25) is 5.02 Å². The van der Waals surface area contributed by atoms with Gasteiger partial charge in [-0.3, -0.25) is 4.57 Å². The molecule has 0 aliphatic rings. The Labute approximate surface area is 130 Å². The highest BCUT2D eigenvalue weighted by Crippen LogP contribution is 2.29. The third-order valence-electron chi connectivity index (χ3n) is 3.14. The van der Waals surface area contributed by atoms with Crippen LogP contribution in [0.5, 0.6) is 0 Å². The van der Waals surface area contributed by atoms with Gasteiger partial charge in [-0.1, -0.05) is 17.7 Å². The molecule has 0 spiro atoms. The van der Waals surface area contributed by atoms with Crippen LogP contribution in [0, 0.1) is 17.1 Å². The molecule has 0 radical (unpaired) electrons. The summed E-state index contributed by atoms with van der Waals surface area (Å²) in [6, 6.07) is 11.4. The molecule has 1 heterocycles. The van der Waals surface area contributed by atoms with Gasteiger partial charge in [-0.15, -0.1) is 11.6 Å². The minimum absolute atomic E-state index is 0.117. The van der Waals surface area contributed by atoms with Gasteiger partial charge in [-0.2, -0.15) is 5.26 Å². The van der Waals surface area contributed by atoms with Crippen LogP contribution in [-0.4, -0.2) is 9.55 Å². The number of imidazole rings is 1. The van der Waals surface area contributed by atoms with Gasteiger partial charge < -0.3 is 0 Å². The van der Waals surface area contributed by atoms with E-state index in [0.29, 0.717) is 33.1 Å². The van der Waals surface area contributed by atoms with Crippen molar-refractivity contribution in [3.63, 3.8) is 0 Å². The van der Waals surface area contributed by atoms with Crippen molar-refractivity contribution in [1.29, 1.82) is 5.26 Å². The number of fused-ring (bicyclic) bond motifs is 1. The van der Waals surface area contributed by atoms with Gasteiger partial charge in [0.1, 0.15) is 23.2 Å². The van der Waals surface area contributed by atoms with Gasteiger partial charge in [-0.25, -0.2) is 9.37 Å². The van der Waals surface area contributed by atoms with Crippen molar-refractivity contribution in [3.05, 3.63) is 58.6 Å². The first kappa shape index (κ1) is 13.9. The average Bonchev–Trinajstić information content (AvgIpc) is 2.88. The Morgan fingerprint density at radius 1 is 1.29 bits per heavy atom. The predicted octanol–water partition coefficient (Wildman–Crippen LogP) is 4.43. The number of nitriles is 1. The average molecular weight is 320 g/mol. The molecule has 0 saturated heterocycles. The van der Waals surface area contributed by atoms with Gasteiger partial charge in [0, 0.05) is 0 Å². The molecule has 0 N–H and O–H groups in total. The lowest BCUT2D eigenvalue weighted by atomic mass is 10.2. The fourth-order valence-electron chi connectivity index (χ4n) is 2.25. The predicted molar refractivity (Wildman–Crippen MR) is 80.3 cm³/mol. The van der Waals surface area contributed by atoms with Gasteiger partial charge in [0.15, 0.2) is 0 Å². The Bertz CT molecular complexity index is 880. The Morgan fingerprint density at radius 2 is 2.10 bits per heavy atom. The van der Waals surface area contributed by atoms with Crippen LogP contribution in [0.1, 0.15) is 11.4 Å². The van der Waals surface area contributed by atoms with Crippen molar-refractivity contribution < 1.29 is 4.39 Å². The summed E-state index contributed by atoms with van der Waals surface area (Å²) in [5, 5.41) is 9.54. The van der Waals surface area contributed by atoms with E-state index in [-0.39, 0.29) is 5.88 Å². The summed E-state index contributed by atoms with van der Waals surface area (Å²) < 4.78 is 15.2. The highest BCUT2D eigenvalue weighted by atomic mass is 35.5. The molecule has 3 aromatic rings. The summed E-state index contributed by atoms with van der Waals surface area (Å²) in [6.07, 6.45) is 0. The number of halogens is 3. The molecule has 0 bridgehead atoms. The number of aromatic nitrogens is 2. The Hall–Kier alpha value is -2.09. The molecular weight excluding hydrogens is 312 g/mol. The Morgan fingerprint density at radius 3 is 2.81 bits per heavy atom.